The van der Waals surface area contributed by atoms with Gasteiger partial charge in [-0.05, 0) is 42.9 Å². The molecule has 0 spiro atoms. The Morgan fingerprint density at radius 2 is 2.21 bits per heavy atom. The Bertz CT molecular complexity index is 654. The van der Waals surface area contributed by atoms with E-state index in [1.807, 2.05) is 0 Å². The summed E-state index contributed by atoms with van der Waals surface area (Å²) in [6.45, 7) is 1.23. The highest BCUT2D eigenvalue weighted by molar-refractivity contribution is 7.91. The van der Waals surface area contributed by atoms with E-state index >= 15 is 0 Å². The monoisotopic (exact) mass is 357 g/mol. The van der Waals surface area contributed by atoms with Gasteiger partial charge in [0.05, 0.1) is 23.4 Å². The predicted molar refractivity (Wildman–Crippen MR) is 87.6 cm³/mol. The highest BCUT2D eigenvalue weighted by Gasteiger charge is 2.24. The fourth-order valence-corrected chi connectivity index (χ4v) is 4.42. The standard InChI is InChI=1S/C16H23NO6S/c18-15(6-7-17-16(19)20)13-4-1-5-14(9-13)24(21,22)11-12-3-2-8-23-10-12/h1,4-5,9,12,15,17-18H,2-3,6-8,10-11H2,(H,19,20). The highest BCUT2D eigenvalue weighted by Crippen LogP contribution is 2.24. The molecule has 24 heavy (non-hydrogen) atoms. The largest absolute Gasteiger partial charge is 0.465 e. The fraction of sp³-hybridized carbons (Fsp3) is 0.562. The third kappa shape index (κ3) is 5.47. The Kier molecular flexibility index (Phi) is 6.59. The molecule has 1 amide bonds. The maximum atomic E-state index is 12.6. The Hall–Kier alpha value is -1.64. The second kappa shape index (κ2) is 8.46. The van der Waals surface area contributed by atoms with Crippen LogP contribution in [0.1, 0.15) is 30.9 Å². The minimum absolute atomic E-state index is 0.00269. The summed E-state index contributed by atoms with van der Waals surface area (Å²) in [4.78, 5) is 10.6. The van der Waals surface area contributed by atoms with Gasteiger partial charge in [0.15, 0.2) is 9.84 Å². The average Bonchev–Trinajstić information content (AvgIpc) is 2.55. The van der Waals surface area contributed by atoms with Crippen LogP contribution in [-0.4, -0.2) is 50.2 Å². The number of carbonyl (C=O) groups is 1. The van der Waals surface area contributed by atoms with Crippen LogP contribution in [0.2, 0.25) is 0 Å². The van der Waals surface area contributed by atoms with Gasteiger partial charge in [-0.2, -0.15) is 0 Å². The summed E-state index contributed by atoms with van der Waals surface area (Å²) in [5, 5.41) is 20.8. The molecule has 2 rings (SSSR count). The van der Waals surface area contributed by atoms with Crippen molar-refractivity contribution in [2.75, 3.05) is 25.5 Å². The Morgan fingerprint density at radius 1 is 1.42 bits per heavy atom. The molecular formula is C16H23NO6S. The second-order valence-corrected chi connectivity index (χ2v) is 8.01. The van der Waals surface area contributed by atoms with E-state index in [-0.39, 0.29) is 29.5 Å². The van der Waals surface area contributed by atoms with Crippen LogP contribution in [0.15, 0.2) is 29.2 Å². The van der Waals surface area contributed by atoms with E-state index in [2.05, 4.69) is 5.32 Å². The van der Waals surface area contributed by atoms with Crippen molar-refractivity contribution in [1.82, 2.24) is 5.32 Å². The zero-order chi connectivity index (χ0) is 17.6. The van der Waals surface area contributed by atoms with E-state index in [1.54, 1.807) is 12.1 Å². The maximum Gasteiger partial charge on any atom is 0.404 e. The third-order valence-electron chi connectivity index (χ3n) is 4.01. The van der Waals surface area contributed by atoms with Crippen molar-refractivity contribution in [2.45, 2.75) is 30.3 Å². The summed E-state index contributed by atoms with van der Waals surface area (Å²) in [5.41, 5.74) is 0.461. The Balaban J connectivity index is 2.03. The first-order valence-electron chi connectivity index (χ1n) is 7.94. The van der Waals surface area contributed by atoms with Gasteiger partial charge in [-0.3, -0.25) is 0 Å². The number of hydrogen-bond acceptors (Lipinski definition) is 5. The van der Waals surface area contributed by atoms with Crippen molar-refractivity contribution in [3.8, 4) is 0 Å². The molecule has 3 N–H and O–H groups in total. The van der Waals surface area contributed by atoms with Gasteiger partial charge >= 0.3 is 6.09 Å². The number of hydrogen-bond donors (Lipinski definition) is 3. The van der Waals surface area contributed by atoms with Crippen LogP contribution in [0.5, 0.6) is 0 Å². The minimum Gasteiger partial charge on any atom is -0.465 e. The minimum atomic E-state index is -3.45. The van der Waals surface area contributed by atoms with Gasteiger partial charge < -0.3 is 20.3 Å². The van der Waals surface area contributed by atoms with Crippen LogP contribution >= 0.6 is 0 Å². The summed E-state index contributed by atoms with van der Waals surface area (Å²) in [5.74, 6) is 0.0322. The van der Waals surface area contributed by atoms with Crippen molar-refractivity contribution in [1.29, 1.82) is 0 Å². The Labute approximate surface area is 141 Å². The third-order valence-corrected chi connectivity index (χ3v) is 5.89. The molecule has 0 aromatic heterocycles. The lowest BCUT2D eigenvalue weighted by atomic mass is 10.1. The zero-order valence-electron chi connectivity index (χ0n) is 13.3. The summed E-state index contributed by atoms with van der Waals surface area (Å²) in [6, 6.07) is 6.21. The van der Waals surface area contributed by atoms with Crippen molar-refractivity contribution in [3.05, 3.63) is 29.8 Å². The lowest BCUT2D eigenvalue weighted by Gasteiger charge is -2.22. The molecule has 1 aliphatic heterocycles. The molecule has 0 radical (unpaired) electrons. The number of aliphatic hydroxyl groups is 1. The molecule has 8 heteroatoms. The molecule has 0 aliphatic carbocycles. The van der Waals surface area contributed by atoms with Crippen molar-refractivity contribution < 1.29 is 28.2 Å². The van der Waals surface area contributed by atoms with Gasteiger partial charge in [0, 0.05) is 13.2 Å². The summed E-state index contributed by atoms with van der Waals surface area (Å²) in [6.07, 6.45) is -0.206. The predicted octanol–water partition coefficient (Wildman–Crippen LogP) is 1.58. The van der Waals surface area contributed by atoms with Crippen molar-refractivity contribution in [2.24, 2.45) is 5.92 Å². The van der Waals surface area contributed by atoms with E-state index in [9.17, 15) is 18.3 Å². The number of nitrogens with one attached hydrogen (secondary N) is 1. The number of rotatable bonds is 7. The van der Waals surface area contributed by atoms with Crippen molar-refractivity contribution >= 4 is 15.9 Å². The smallest absolute Gasteiger partial charge is 0.404 e. The van der Waals surface area contributed by atoms with Crippen LogP contribution in [0, 0.1) is 5.92 Å². The van der Waals surface area contributed by atoms with Crippen LogP contribution in [0.4, 0.5) is 4.79 Å². The van der Waals surface area contributed by atoms with Gasteiger partial charge in [0.2, 0.25) is 0 Å². The molecule has 134 valence electrons. The molecule has 0 bridgehead atoms. The Morgan fingerprint density at radius 3 is 2.88 bits per heavy atom. The van der Waals surface area contributed by atoms with Gasteiger partial charge in [-0.1, -0.05) is 12.1 Å². The van der Waals surface area contributed by atoms with E-state index in [4.69, 9.17) is 9.84 Å². The summed E-state index contributed by atoms with van der Waals surface area (Å²) < 4.78 is 30.4. The molecule has 1 saturated heterocycles. The molecule has 1 heterocycles. The topological polar surface area (TPSA) is 113 Å². The number of aliphatic hydroxyl groups excluding tert-OH is 1. The SMILES string of the molecule is O=C(O)NCCC(O)c1cccc(S(=O)(=O)CC2CCCOC2)c1. The second-order valence-electron chi connectivity index (χ2n) is 5.97. The number of carboxylic acid groups (broad SMARTS) is 1. The molecule has 2 unspecified atom stereocenters. The molecule has 1 aromatic rings. The van der Waals surface area contributed by atoms with Gasteiger partial charge in [-0.25, -0.2) is 13.2 Å². The first-order valence-corrected chi connectivity index (χ1v) is 9.59. The fourth-order valence-electron chi connectivity index (χ4n) is 2.74. The highest BCUT2D eigenvalue weighted by atomic mass is 32.2. The molecule has 0 saturated carbocycles. The lowest BCUT2D eigenvalue weighted by molar-refractivity contribution is 0.0626. The van der Waals surface area contributed by atoms with Crippen molar-refractivity contribution in [3.63, 3.8) is 0 Å². The maximum absolute atomic E-state index is 12.6. The molecule has 1 aromatic carbocycles. The van der Waals surface area contributed by atoms with Gasteiger partial charge in [0.1, 0.15) is 0 Å². The molecule has 7 nitrogen and oxygen atoms in total. The number of sulfone groups is 1. The van der Waals surface area contributed by atoms with E-state index in [1.165, 1.54) is 12.1 Å². The lowest BCUT2D eigenvalue weighted by Crippen LogP contribution is -2.25. The first-order chi connectivity index (χ1) is 11.4. The number of ether oxygens (including phenoxy) is 1. The summed E-state index contributed by atoms with van der Waals surface area (Å²) >= 11 is 0. The molecule has 1 fully saturated rings. The molecular weight excluding hydrogens is 334 g/mol. The number of amides is 1. The van der Waals surface area contributed by atoms with Crippen LogP contribution in [0.3, 0.4) is 0 Å². The molecule has 2 atom stereocenters. The summed E-state index contributed by atoms with van der Waals surface area (Å²) in [7, 11) is -3.45. The van der Waals surface area contributed by atoms with Crippen LogP contribution in [0.25, 0.3) is 0 Å². The van der Waals surface area contributed by atoms with Gasteiger partial charge in [-0.15, -0.1) is 0 Å². The number of benzene rings is 1. The van der Waals surface area contributed by atoms with Gasteiger partial charge in [0.25, 0.3) is 0 Å². The normalized spacial score (nSPS) is 19.6. The zero-order valence-corrected chi connectivity index (χ0v) is 14.2. The average molecular weight is 357 g/mol. The quantitative estimate of drug-likeness (QED) is 0.683. The van der Waals surface area contributed by atoms with E-state index in [0.29, 0.717) is 18.8 Å². The van der Waals surface area contributed by atoms with Crippen LogP contribution < -0.4 is 5.32 Å². The van der Waals surface area contributed by atoms with Crippen LogP contribution in [-0.2, 0) is 14.6 Å². The molecule has 1 aliphatic rings. The first kappa shape index (κ1) is 18.7. The van der Waals surface area contributed by atoms with E-state index < -0.39 is 22.0 Å². The van der Waals surface area contributed by atoms with E-state index in [0.717, 1.165) is 12.8 Å².